The number of hydrogen-bond acceptors (Lipinski definition) is 4. The number of esters is 1. The van der Waals surface area contributed by atoms with Crippen molar-refractivity contribution in [1.29, 1.82) is 0 Å². The molecule has 5 heteroatoms. The van der Waals surface area contributed by atoms with E-state index in [-0.39, 0.29) is 5.97 Å². The van der Waals surface area contributed by atoms with E-state index in [1.165, 1.54) is 20.0 Å². The minimum atomic E-state index is -0.318. The molecule has 0 N–H and O–H groups in total. The number of fused-ring (bicyclic) bond motifs is 3. The molecule has 5 nitrogen and oxygen atoms in total. The molecule has 148 valence electrons. The number of nitrogens with zero attached hydrogens (tertiary/aromatic N) is 3. The van der Waals surface area contributed by atoms with Crippen molar-refractivity contribution in [3.8, 4) is 0 Å². The monoisotopic (exact) mass is 387 g/mol. The van der Waals surface area contributed by atoms with Gasteiger partial charge >= 0.3 is 5.97 Å². The van der Waals surface area contributed by atoms with E-state index in [1.54, 1.807) is 0 Å². The maximum absolute atomic E-state index is 11.7. The third-order valence-electron chi connectivity index (χ3n) is 5.28. The average Bonchev–Trinajstić information content (AvgIpc) is 3.11. The first-order valence-electron chi connectivity index (χ1n) is 10.1. The van der Waals surface area contributed by atoms with Gasteiger partial charge in [-0.1, -0.05) is 50.1 Å². The predicted molar refractivity (Wildman–Crippen MR) is 115 cm³/mol. The van der Waals surface area contributed by atoms with Crippen LogP contribution in [0.5, 0.6) is 0 Å². The summed E-state index contributed by atoms with van der Waals surface area (Å²) in [6, 6.07) is 15.8. The number of ether oxygens (including phenoxy) is 1. The van der Waals surface area contributed by atoms with E-state index in [0.717, 1.165) is 46.2 Å². The number of methoxy groups -OCH3 is 1. The van der Waals surface area contributed by atoms with Crippen LogP contribution in [0.2, 0.25) is 0 Å². The molecule has 0 aliphatic carbocycles. The Balaban J connectivity index is 1.78. The van der Waals surface area contributed by atoms with Crippen LogP contribution in [0, 0.1) is 0 Å². The predicted octanol–water partition coefficient (Wildman–Crippen LogP) is 5.15. The number of aryl methyl sites for hydroxylation is 1. The normalized spacial score (nSPS) is 11.2. The highest BCUT2D eigenvalue weighted by Crippen LogP contribution is 2.26. The Morgan fingerprint density at radius 3 is 2.59 bits per heavy atom. The van der Waals surface area contributed by atoms with E-state index < -0.39 is 0 Å². The zero-order chi connectivity index (χ0) is 20.2. The number of imidazole rings is 1. The van der Waals surface area contributed by atoms with Crippen molar-refractivity contribution in [3.63, 3.8) is 0 Å². The van der Waals surface area contributed by atoms with Crippen LogP contribution in [0.4, 0.5) is 0 Å². The lowest BCUT2D eigenvalue weighted by molar-refractivity contribution is 0.0600. The van der Waals surface area contributed by atoms with Gasteiger partial charge in [-0.2, -0.15) is 0 Å². The van der Waals surface area contributed by atoms with Crippen LogP contribution in [-0.4, -0.2) is 27.6 Å². The van der Waals surface area contributed by atoms with Crippen molar-refractivity contribution in [2.45, 2.75) is 39.2 Å². The van der Waals surface area contributed by atoms with E-state index >= 15 is 0 Å². The van der Waals surface area contributed by atoms with Crippen LogP contribution in [0.25, 0.3) is 21.9 Å². The van der Waals surface area contributed by atoms with Crippen LogP contribution < -0.4 is 0 Å². The van der Waals surface area contributed by atoms with E-state index in [9.17, 15) is 4.79 Å². The van der Waals surface area contributed by atoms with Gasteiger partial charge in [-0.3, -0.25) is 4.98 Å². The molecule has 0 radical (unpaired) electrons. The average molecular weight is 387 g/mol. The topological polar surface area (TPSA) is 57.0 Å². The summed E-state index contributed by atoms with van der Waals surface area (Å²) in [5, 5.41) is 1.12. The third-order valence-corrected chi connectivity index (χ3v) is 5.28. The standard InChI is InChI=1S/C24H25N3O2/c1-3-4-5-10-22-26-21-15-25-20-9-7-6-8-19(20)23(21)27(22)16-17-11-13-18(14-12-17)24(28)29-2/h6-9,11-15H,3-5,10,16H2,1-2H3. The van der Waals surface area contributed by atoms with Crippen molar-refractivity contribution in [2.75, 3.05) is 7.11 Å². The first kappa shape index (κ1) is 19.1. The number of aromatic nitrogens is 3. The molecule has 4 aromatic rings. The van der Waals surface area contributed by atoms with Crippen LogP contribution >= 0.6 is 0 Å². The fourth-order valence-electron chi connectivity index (χ4n) is 3.75. The lowest BCUT2D eigenvalue weighted by atomic mass is 10.1. The molecule has 0 aliphatic rings. The van der Waals surface area contributed by atoms with Gasteiger partial charge in [0.25, 0.3) is 0 Å². The Labute approximate surface area is 170 Å². The van der Waals surface area contributed by atoms with Crippen LogP contribution in [-0.2, 0) is 17.7 Å². The number of pyridine rings is 1. The Kier molecular flexibility index (Phi) is 5.56. The second-order valence-corrected chi connectivity index (χ2v) is 7.27. The summed E-state index contributed by atoms with van der Waals surface area (Å²) >= 11 is 0. The molecule has 2 aromatic heterocycles. The molecular formula is C24H25N3O2. The van der Waals surface area contributed by atoms with Gasteiger partial charge in [0.15, 0.2) is 0 Å². The van der Waals surface area contributed by atoms with Crippen LogP contribution in [0.3, 0.4) is 0 Å². The van der Waals surface area contributed by atoms with Crippen molar-refractivity contribution < 1.29 is 9.53 Å². The summed E-state index contributed by atoms with van der Waals surface area (Å²) in [5.41, 5.74) is 4.71. The molecule has 0 fully saturated rings. The summed E-state index contributed by atoms with van der Waals surface area (Å²) in [7, 11) is 1.40. The second kappa shape index (κ2) is 8.43. The first-order chi connectivity index (χ1) is 14.2. The molecule has 0 atom stereocenters. The van der Waals surface area contributed by atoms with Gasteiger partial charge in [0, 0.05) is 18.4 Å². The maximum Gasteiger partial charge on any atom is 0.337 e. The van der Waals surface area contributed by atoms with E-state index in [4.69, 9.17) is 9.72 Å². The van der Waals surface area contributed by atoms with E-state index in [1.807, 2.05) is 48.7 Å². The van der Waals surface area contributed by atoms with Gasteiger partial charge < -0.3 is 9.30 Å². The zero-order valence-corrected chi connectivity index (χ0v) is 16.9. The number of carbonyl (C=O) groups excluding carboxylic acids is 1. The number of benzene rings is 2. The number of hydrogen-bond donors (Lipinski definition) is 0. The van der Waals surface area contributed by atoms with Gasteiger partial charge in [0.2, 0.25) is 0 Å². The number of para-hydroxylation sites is 1. The third kappa shape index (κ3) is 3.86. The Bertz CT molecular complexity index is 1150. The second-order valence-electron chi connectivity index (χ2n) is 7.27. The number of unbranched alkanes of at least 4 members (excludes halogenated alkanes) is 2. The summed E-state index contributed by atoms with van der Waals surface area (Å²) in [5.74, 6) is 0.769. The smallest absolute Gasteiger partial charge is 0.337 e. The molecular weight excluding hydrogens is 362 g/mol. The highest BCUT2D eigenvalue weighted by Gasteiger charge is 2.15. The SMILES string of the molecule is CCCCCc1nc2cnc3ccccc3c2n1Cc1ccc(C(=O)OC)cc1. The van der Waals surface area contributed by atoms with Crippen molar-refractivity contribution in [2.24, 2.45) is 0 Å². The van der Waals surface area contributed by atoms with Gasteiger partial charge in [-0.05, 0) is 30.2 Å². The Morgan fingerprint density at radius 2 is 1.83 bits per heavy atom. The summed E-state index contributed by atoms with van der Waals surface area (Å²) in [6.45, 7) is 2.91. The molecule has 0 saturated carbocycles. The van der Waals surface area contributed by atoms with E-state index in [2.05, 4.69) is 22.5 Å². The van der Waals surface area contributed by atoms with Gasteiger partial charge in [0.05, 0.1) is 29.9 Å². The Morgan fingerprint density at radius 1 is 1.03 bits per heavy atom. The van der Waals surface area contributed by atoms with Gasteiger partial charge in [-0.25, -0.2) is 9.78 Å². The van der Waals surface area contributed by atoms with Crippen LogP contribution in [0.1, 0.15) is 47.9 Å². The highest BCUT2D eigenvalue weighted by atomic mass is 16.5. The fourth-order valence-corrected chi connectivity index (χ4v) is 3.75. The molecule has 29 heavy (non-hydrogen) atoms. The summed E-state index contributed by atoms with van der Waals surface area (Å²) in [4.78, 5) is 21.2. The van der Waals surface area contributed by atoms with Gasteiger partial charge in [0.1, 0.15) is 11.3 Å². The number of rotatable bonds is 7. The molecule has 0 amide bonds. The highest BCUT2D eigenvalue weighted by molar-refractivity contribution is 6.02. The molecule has 0 saturated heterocycles. The summed E-state index contributed by atoms with van der Waals surface area (Å²) < 4.78 is 7.11. The minimum Gasteiger partial charge on any atom is -0.465 e. The Hall–Kier alpha value is -3.21. The van der Waals surface area contributed by atoms with Crippen molar-refractivity contribution in [1.82, 2.24) is 14.5 Å². The van der Waals surface area contributed by atoms with Crippen molar-refractivity contribution >= 4 is 27.9 Å². The lowest BCUT2D eigenvalue weighted by Crippen LogP contribution is -2.07. The quantitative estimate of drug-likeness (QED) is 0.325. The molecule has 0 aliphatic heterocycles. The van der Waals surface area contributed by atoms with E-state index in [0.29, 0.717) is 12.1 Å². The molecule has 2 heterocycles. The summed E-state index contributed by atoms with van der Waals surface area (Å²) in [6.07, 6.45) is 6.30. The molecule has 0 spiro atoms. The molecule has 2 aromatic carbocycles. The van der Waals surface area contributed by atoms with Crippen LogP contribution in [0.15, 0.2) is 54.7 Å². The largest absolute Gasteiger partial charge is 0.465 e. The molecule has 4 rings (SSSR count). The first-order valence-corrected chi connectivity index (χ1v) is 10.1. The fraction of sp³-hybridized carbons (Fsp3) is 0.292. The molecule has 0 bridgehead atoms. The van der Waals surface area contributed by atoms with Crippen molar-refractivity contribution in [3.05, 3.63) is 71.7 Å². The number of carbonyl (C=O) groups is 1. The molecule has 0 unspecified atom stereocenters. The van der Waals surface area contributed by atoms with Gasteiger partial charge in [-0.15, -0.1) is 0 Å². The maximum atomic E-state index is 11.7. The zero-order valence-electron chi connectivity index (χ0n) is 16.9. The lowest BCUT2D eigenvalue weighted by Gasteiger charge is -2.11. The minimum absolute atomic E-state index is 0.318.